The fourth-order valence-corrected chi connectivity index (χ4v) is 1.51. The maximum Gasteiger partial charge on any atom is 0.115 e. The Balaban J connectivity index is 2.02. The largest absolute Gasteiger partial charge is 0.494 e. The third kappa shape index (κ3) is 5.32. The molecule has 1 unspecified atom stereocenters. The summed E-state index contributed by atoms with van der Waals surface area (Å²) in [5.74, 6) is 4.34. The fraction of sp³-hybridized carbons (Fsp3) is 0.571. The lowest BCUT2D eigenvalue weighted by Crippen LogP contribution is -1.99. The van der Waals surface area contributed by atoms with E-state index in [1.54, 1.807) is 0 Å². The van der Waals surface area contributed by atoms with Crippen molar-refractivity contribution >= 4 is 0 Å². The molecule has 0 N–H and O–H groups in total. The van der Waals surface area contributed by atoms with Gasteiger partial charge < -0.3 is 4.74 Å². The predicted octanol–water partition coefficient (Wildman–Crippen LogP) is 3.68. The van der Waals surface area contributed by atoms with Gasteiger partial charge in [-0.05, 0) is 43.8 Å². The van der Waals surface area contributed by atoms with Crippen molar-refractivity contribution in [2.45, 2.75) is 39.0 Å². The van der Waals surface area contributed by atoms with E-state index in [1.807, 2.05) is 0 Å². The predicted molar refractivity (Wildman–Crippen MR) is 64.3 cm³/mol. The minimum absolute atomic E-state index is 0.660. The smallest absolute Gasteiger partial charge is 0.115 e. The van der Waals surface area contributed by atoms with E-state index in [2.05, 4.69) is 31.1 Å². The average molecular weight is 204 g/mol. The van der Waals surface area contributed by atoms with Crippen molar-refractivity contribution in [2.24, 2.45) is 5.92 Å². The zero-order valence-electron chi connectivity index (χ0n) is 9.54. The third-order valence-electron chi connectivity index (χ3n) is 2.51. The zero-order chi connectivity index (χ0) is 10.9. The minimum Gasteiger partial charge on any atom is -0.494 e. The number of hydrogen-bond donors (Lipinski definition) is 0. The van der Waals surface area contributed by atoms with E-state index in [4.69, 9.17) is 11.2 Å². The number of ether oxygens (including phenoxy) is 1. The molecule has 0 aromatic rings. The monoisotopic (exact) mass is 204 g/mol. The average Bonchev–Trinajstić information content (AvgIpc) is 2.26. The van der Waals surface area contributed by atoms with Crippen LogP contribution in [0, 0.1) is 18.3 Å². The van der Waals surface area contributed by atoms with Crippen molar-refractivity contribution in [1.29, 1.82) is 0 Å². The van der Waals surface area contributed by atoms with E-state index in [1.165, 1.54) is 0 Å². The second-order valence-corrected chi connectivity index (χ2v) is 4.04. The summed E-state index contributed by atoms with van der Waals surface area (Å²) < 4.78 is 5.63. The number of terminal acetylenes is 1. The fourth-order valence-electron chi connectivity index (χ4n) is 1.51. The summed E-state index contributed by atoms with van der Waals surface area (Å²) >= 11 is 0. The molecule has 0 fully saturated rings. The maximum absolute atomic E-state index is 5.63. The molecule has 1 nitrogen and oxygen atoms in total. The summed E-state index contributed by atoms with van der Waals surface area (Å²) in [4.78, 5) is 0. The summed E-state index contributed by atoms with van der Waals surface area (Å²) in [6.45, 7) is 3.03. The molecule has 0 bridgehead atoms. The van der Waals surface area contributed by atoms with Crippen molar-refractivity contribution in [1.82, 2.24) is 0 Å². The Morgan fingerprint density at radius 3 is 3.00 bits per heavy atom. The number of allylic oxidation sites excluding steroid dienone is 3. The molecule has 0 aromatic heterocycles. The topological polar surface area (TPSA) is 9.23 Å². The number of rotatable bonds is 6. The van der Waals surface area contributed by atoms with E-state index < -0.39 is 0 Å². The highest BCUT2D eigenvalue weighted by Crippen LogP contribution is 2.16. The van der Waals surface area contributed by atoms with E-state index >= 15 is 0 Å². The molecule has 0 amide bonds. The lowest BCUT2D eigenvalue weighted by atomic mass is 10.0. The first-order chi connectivity index (χ1) is 7.33. The summed E-state index contributed by atoms with van der Waals surface area (Å²) in [5, 5.41) is 0. The number of unbranched alkanes of at least 4 members (excludes halogenated alkanes) is 3. The van der Waals surface area contributed by atoms with Crippen LogP contribution < -0.4 is 0 Å². The Bertz CT molecular complexity index is 268. The number of hydrogen-bond acceptors (Lipinski definition) is 1. The molecular formula is C14H20O. The van der Waals surface area contributed by atoms with Gasteiger partial charge in [-0.15, -0.1) is 12.3 Å². The highest BCUT2D eigenvalue weighted by molar-refractivity contribution is 5.17. The highest BCUT2D eigenvalue weighted by atomic mass is 16.5. The Hall–Kier alpha value is -1.16. The normalized spacial score (nSPS) is 19.5. The lowest BCUT2D eigenvalue weighted by molar-refractivity contribution is 0.214. The van der Waals surface area contributed by atoms with E-state index in [-0.39, 0.29) is 0 Å². The van der Waals surface area contributed by atoms with Gasteiger partial charge in [0.2, 0.25) is 0 Å². The molecule has 0 aliphatic heterocycles. The summed E-state index contributed by atoms with van der Waals surface area (Å²) in [5.41, 5.74) is 0. The zero-order valence-corrected chi connectivity index (χ0v) is 9.54. The van der Waals surface area contributed by atoms with Crippen molar-refractivity contribution in [3.8, 4) is 12.3 Å². The van der Waals surface area contributed by atoms with Crippen LogP contribution in [0.5, 0.6) is 0 Å². The van der Waals surface area contributed by atoms with Gasteiger partial charge >= 0.3 is 0 Å². The first-order valence-corrected chi connectivity index (χ1v) is 5.77. The second kappa shape index (κ2) is 7.17. The summed E-state index contributed by atoms with van der Waals surface area (Å²) in [6.07, 6.45) is 17.0. The van der Waals surface area contributed by atoms with Crippen molar-refractivity contribution in [2.75, 3.05) is 6.61 Å². The Kier molecular flexibility index (Phi) is 5.70. The van der Waals surface area contributed by atoms with Crippen LogP contribution in [0.2, 0.25) is 0 Å². The molecule has 0 aromatic carbocycles. The van der Waals surface area contributed by atoms with Crippen LogP contribution in [-0.2, 0) is 4.74 Å². The molecular weight excluding hydrogens is 184 g/mol. The molecule has 0 spiro atoms. The van der Waals surface area contributed by atoms with Crippen molar-refractivity contribution in [3.05, 3.63) is 24.0 Å². The quantitative estimate of drug-likeness (QED) is 0.474. The first-order valence-electron chi connectivity index (χ1n) is 5.77. The van der Waals surface area contributed by atoms with Gasteiger partial charge in [-0.2, -0.15) is 0 Å². The third-order valence-corrected chi connectivity index (χ3v) is 2.51. The van der Waals surface area contributed by atoms with Gasteiger partial charge in [0.15, 0.2) is 0 Å². The van der Waals surface area contributed by atoms with Crippen LogP contribution in [0.3, 0.4) is 0 Å². The van der Waals surface area contributed by atoms with Gasteiger partial charge in [0, 0.05) is 6.42 Å². The molecule has 0 saturated carbocycles. The van der Waals surface area contributed by atoms with Crippen LogP contribution in [0.1, 0.15) is 39.0 Å². The molecule has 1 aliphatic rings. The molecule has 0 heterocycles. The molecule has 1 aliphatic carbocycles. The highest BCUT2D eigenvalue weighted by Gasteiger charge is 2.03. The molecule has 0 radical (unpaired) electrons. The molecule has 1 heteroatoms. The van der Waals surface area contributed by atoms with Crippen LogP contribution in [0.15, 0.2) is 24.0 Å². The Labute approximate surface area is 93.2 Å². The van der Waals surface area contributed by atoms with Crippen LogP contribution in [0.4, 0.5) is 0 Å². The van der Waals surface area contributed by atoms with Crippen molar-refractivity contribution < 1.29 is 4.74 Å². The van der Waals surface area contributed by atoms with Crippen molar-refractivity contribution in [3.63, 3.8) is 0 Å². The van der Waals surface area contributed by atoms with E-state index in [0.29, 0.717) is 5.92 Å². The molecule has 1 atom stereocenters. The standard InChI is InChI=1S/C14H20O/c1-3-4-5-6-7-12-15-14-10-8-13(2)9-11-14/h1,8,10-11,13H,4-7,9,12H2,2H3. The second-order valence-electron chi connectivity index (χ2n) is 4.04. The molecule has 82 valence electrons. The van der Waals surface area contributed by atoms with Gasteiger partial charge in [-0.3, -0.25) is 0 Å². The first kappa shape index (κ1) is 11.9. The van der Waals surface area contributed by atoms with Gasteiger partial charge in [-0.1, -0.05) is 13.0 Å². The molecule has 0 saturated heterocycles. The van der Waals surface area contributed by atoms with E-state index in [9.17, 15) is 0 Å². The van der Waals surface area contributed by atoms with Gasteiger partial charge in [0.1, 0.15) is 5.76 Å². The molecule has 1 rings (SSSR count). The van der Waals surface area contributed by atoms with Crippen LogP contribution >= 0.6 is 0 Å². The summed E-state index contributed by atoms with van der Waals surface area (Å²) in [6, 6.07) is 0. The maximum atomic E-state index is 5.63. The Morgan fingerprint density at radius 2 is 2.33 bits per heavy atom. The molecule has 15 heavy (non-hydrogen) atoms. The van der Waals surface area contributed by atoms with Gasteiger partial charge in [0.25, 0.3) is 0 Å². The lowest BCUT2D eigenvalue weighted by Gasteiger charge is -2.12. The van der Waals surface area contributed by atoms with Crippen LogP contribution in [-0.4, -0.2) is 6.61 Å². The van der Waals surface area contributed by atoms with E-state index in [0.717, 1.165) is 44.5 Å². The van der Waals surface area contributed by atoms with Crippen LogP contribution in [0.25, 0.3) is 0 Å². The minimum atomic E-state index is 0.660. The van der Waals surface area contributed by atoms with Gasteiger partial charge in [-0.25, -0.2) is 0 Å². The summed E-state index contributed by atoms with van der Waals surface area (Å²) in [7, 11) is 0. The SMILES string of the molecule is C#CCCCCCOC1=CCC(C)C=C1. The Morgan fingerprint density at radius 1 is 1.47 bits per heavy atom. The van der Waals surface area contributed by atoms with Gasteiger partial charge in [0.05, 0.1) is 6.61 Å².